The van der Waals surface area contributed by atoms with Crippen molar-refractivity contribution in [2.45, 2.75) is 44.7 Å². The molecule has 2 amide bonds. The lowest BCUT2D eigenvalue weighted by atomic mass is 10.0. The molecule has 1 N–H and O–H groups in total. The van der Waals surface area contributed by atoms with Crippen LogP contribution in [-0.2, 0) is 25.8 Å². The van der Waals surface area contributed by atoms with Crippen molar-refractivity contribution in [3.8, 4) is 0 Å². The van der Waals surface area contributed by atoms with E-state index in [4.69, 9.17) is 0 Å². The number of anilines is 1. The fraction of sp³-hybridized carbons (Fsp3) is 0.556. The highest BCUT2D eigenvalue weighted by Crippen LogP contribution is 2.50. The van der Waals surface area contributed by atoms with Crippen LogP contribution in [0.25, 0.3) is 0 Å². The van der Waals surface area contributed by atoms with Crippen LogP contribution >= 0.6 is 0 Å². The summed E-state index contributed by atoms with van der Waals surface area (Å²) in [6.07, 6.45) is 2.28. The number of benzene rings is 1. The smallest absolute Gasteiger partial charge is 0.242 e. The van der Waals surface area contributed by atoms with Crippen LogP contribution in [0.15, 0.2) is 24.3 Å². The predicted molar refractivity (Wildman–Crippen MR) is 94.0 cm³/mol. The summed E-state index contributed by atoms with van der Waals surface area (Å²) in [6, 6.07) is 7.46. The Morgan fingerprint density at radius 2 is 1.96 bits per heavy atom. The zero-order valence-corrected chi connectivity index (χ0v) is 15.0. The van der Waals surface area contributed by atoms with Gasteiger partial charge in [-0.25, -0.2) is 8.42 Å². The number of carbonyl (C=O) groups is 2. The number of carbonyl (C=O) groups excluding carboxylic acids is 2. The molecule has 0 bridgehead atoms. The minimum Gasteiger partial charge on any atom is -0.351 e. The normalized spacial score (nSPS) is 28.4. The standard InChI is InChI=1S/C18H22N2O4S/c1-12-10-13-4-2-3-5-15(13)20(12)17(22)18(7-8-18)16(21)19-14-6-9-25(23,24)11-14/h2-5,12,14H,6-11H2,1H3,(H,19,21). The largest absolute Gasteiger partial charge is 0.351 e. The predicted octanol–water partition coefficient (Wildman–Crippen LogP) is 1.05. The zero-order valence-electron chi connectivity index (χ0n) is 14.2. The third-order valence-electron chi connectivity index (χ3n) is 5.59. The van der Waals surface area contributed by atoms with Crippen molar-refractivity contribution in [3.63, 3.8) is 0 Å². The molecule has 1 saturated carbocycles. The van der Waals surface area contributed by atoms with Gasteiger partial charge in [-0.05, 0) is 44.2 Å². The number of para-hydroxylation sites is 1. The van der Waals surface area contributed by atoms with Crippen molar-refractivity contribution in [1.29, 1.82) is 0 Å². The SMILES string of the molecule is CC1Cc2ccccc2N1C(=O)C1(C(=O)NC2CCS(=O)(=O)C2)CC1. The highest BCUT2D eigenvalue weighted by atomic mass is 32.2. The molecule has 1 aliphatic carbocycles. The molecule has 2 heterocycles. The van der Waals surface area contributed by atoms with Gasteiger partial charge >= 0.3 is 0 Å². The monoisotopic (exact) mass is 362 g/mol. The van der Waals surface area contributed by atoms with Crippen LogP contribution in [0, 0.1) is 5.41 Å². The van der Waals surface area contributed by atoms with Crippen LogP contribution in [0.1, 0.15) is 31.7 Å². The van der Waals surface area contributed by atoms with Crippen molar-refractivity contribution in [3.05, 3.63) is 29.8 Å². The van der Waals surface area contributed by atoms with Gasteiger partial charge < -0.3 is 10.2 Å². The molecule has 2 atom stereocenters. The first-order chi connectivity index (χ1) is 11.8. The molecule has 1 saturated heterocycles. The van der Waals surface area contributed by atoms with Crippen molar-refractivity contribution in [2.75, 3.05) is 16.4 Å². The van der Waals surface area contributed by atoms with Gasteiger partial charge in [-0.1, -0.05) is 18.2 Å². The molecule has 2 unspecified atom stereocenters. The fourth-order valence-electron chi connectivity index (χ4n) is 4.00. The Morgan fingerprint density at radius 3 is 2.60 bits per heavy atom. The van der Waals surface area contributed by atoms with Gasteiger partial charge in [0.05, 0.1) is 11.5 Å². The molecule has 25 heavy (non-hydrogen) atoms. The van der Waals surface area contributed by atoms with Gasteiger partial charge in [-0.2, -0.15) is 0 Å². The van der Waals surface area contributed by atoms with Crippen molar-refractivity contribution >= 4 is 27.3 Å². The summed E-state index contributed by atoms with van der Waals surface area (Å²) in [5, 5.41) is 2.81. The molecule has 0 radical (unpaired) electrons. The Labute approximate surface area is 147 Å². The van der Waals surface area contributed by atoms with Gasteiger partial charge in [-0.3, -0.25) is 9.59 Å². The highest BCUT2D eigenvalue weighted by Gasteiger charge is 2.59. The van der Waals surface area contributed by atoms with E-state index in [1.165, 1.54) is 0 Å². The van der Waals surface area contributed by atoms with Gasteiger partial charge in [0.25, 0.3) is 0 Å². The van der Waals surface area contributed by atoms with E-state index in [1.807, 2.05) is 31.2 Å². The van der Waals surface area contributed by atoms with Gasteiger partial charge in [-0.15, -0.1) is 0 Å². The number of rotatable bonds is 3. The molecule has 1 aromatic carbocycles. The van der Waals surface area contributed by atoms with E-state index in [9.17, 15) is 18.0 Å². The average Bonchev–Trinajstić information content (AvgIpc) is 3.21. The molecule has 4 rings (SSSR count). The molecule has 0 aromatic heterocycles. The third-order valence-corrected chi connectivity index (χ3v) is 7.36. The van der Waals surface area contributed by atoms with Gasteiger partial charge in [0.1, 0.15) is 5.41 Å². The maximum atomic E-state index is 13.2. The van der Waals surface area contributed by atoms with E-state index in [0.29, 0.717) is 19.3 Å². The van der Waals surface area contributed by atoms with E-state index in [-0.39, 0.29) is 35.4 Å². The topological polar surface area (TPSA) is 83.6 Å². The van der Waals surface area contributed by atoms with Gasteiger partial charge in [0.15, 0.2) is 9.84 Å². The number of hydrogen-bond donors (Lipinski definition) is 1. The summed E-state index contributed by atoms with van der Waals surface area (Å²) in [4.78, 5) is 27.7. The highest BCUT2D eigenvalue weighted by molar-refractivity contribution is 7.91. The number of fused-ring (bicyclic) bond motifs is 1. The average molecular weight is 362 g/mol. The quantitative estimate of drug-likeness (QED) is 0.815. The van der Waals surface area contributed by atoms with Crippen molar-refractivity contribution in [2.24, 2.45) is 5.41 Å². The second-order valence-corrected chi connectivity index (χ2v) is 9.74. The first-order valence-electron chi connectivity index (χ1n) is 8.75. The van der Waals surface area contributed by atoms with Crippen LogP contribution in [0.4, 0.5) is 5.69 Å². The maximum Gasteiger partial charge on any atom is 0.242 e. The van der Waals surface area contributed by atoms with Crippen LogP contribution in [-0.4, -0.2) is 43.8 Å². The summed E-state index contributed by atoms with van der Waals surface area (Å²) in [5.74, 6) is -0.374. The summed E-state index contributed by atoms with van der Waals surface area (Å²) in [6.45, 7) is 2.00. The Bertz CT molecular complexity index is 844. The second kappa shape index (κ2) is 5.56. The molecule has 134 valence electrons. The molecule has 2 aliphatic heterocycles. The van der Waals surface area contributed by atoms with Crippen LogP contribution < -0.4 is 10.2 Å². The molecular weight excluding hydrogens is 340 g/mol. The minimum atomic E-state index is -3.06. The Kier molecular flexibility index (Phi) is 3.68. The summed E-state index contributed by atoms with van der Waals surface area (Å²) < 4.78 is 23.2. The molecule has 6 nitrogen and oxygen atoms in total. The molecule has 2 fully saturated rings. The first kappa shape index (κ1) is 16.6. The lowest BCUT2D eigenvalue weighted by Crippen LogP contribution is -2.49. The van der Waals surface area contributed by atoms with Gasteiger partial charge in [0.2, 0.25) is 11.8 Å². The maximum absolute atomic E-state index is 13.2. The minimum absolute atomic E-state index is 0.0219. The summed E-state index contributed by atoms with van der Waals surface area (Å²) in [7, 11) is -3.06. The Balaban J connectivity index is 1.53. The lowest BCUT2D eigenvalue weighted by Gasteiger charge is -2.28. The number of hydrogen-bond acceptors (Lipinski definition) is 4. The number of nitrogens with one attached hydrogen (secondary N) is 1. The molecule has 1 aromatic rings. The molecule has 0 spiro atoms. The van der Waals surface area contributed by atoms with Gasteiger partial charge in [0, 0.05) is 17.8 Å². The van der Waals surface area contributed by atoms with Crippen LogP contribution in [0.2, 0.25) is 0 Å². The molecule has 7 heteroatoms. The van der Waals surface area contributed by atoms with E-state index in [0.717, 1.165) is 17.7 Å². The number of amides is 2. The Hall–Kier alpha value is -1.89. The molecule has 3 aliphatic rings. The lowest BCUT2D eigenvalue weighted by molar-refractivity contribution is -0.136. The number of nitrogens with zero attached hydrogens (tertiary/aromatic N) is 1. The van der Waals surface area contributed by atoms with Crippen molar-refractivity contribution in [1.82, 2.24) is 5.32 Å². The third kappa shape index (κ3) is 2.74. The van der Waals surface area contributed by atoms with E-state index >= 15 is 0 Å². The van der Waals surface area contributed by atoms with Crippen LogP contribution in [0.3, 0.4) is 0 Å². The fourth-order valence-corrected chi connectivity index (χ4v) is 5.67. The summed E-state index contributed by atoms with van der Waals surface area (Å²) >= 11 is 0. The van der Waals surface area contributed by atoms with E-state index < -0.39 is 15.3 Å². The zero-order chi connectivity index (χ0) is 17.8. The van der Waals surface area contributed by atoms with E-state index in [1.54, 1.807) is 4.90 Å². The van der Waals surface area contributed by atoms with Crippen molar-refractivity contribution < 1.29 is 18.0 Å². The van der Waals surface area contributed by atoms with E-state index in [2.05, 4.69) is 5.32 Å². The first-order valence-corrected chi connectivity index (χ1v) is 10.6. The second-order valence-electron chi connectivity index (χ2n) is 7.51. The Morgan fingerprint density at radius 1 is 1.24 bits per heavy atom. The molecular formula is C18H22N2O4S. The summed E-state index contributed by atoms with van der Waals surface area (Å²) in [5.41, 5.74) is 1.00. The number of sulfone groups is 1. The van der Waals surface area contributed by atoms with Crippen LogP contribution in [0.5, 0.6) is 0 Å².